The number of carboxylic acids is 1. The first-order valence-corrected chi connectivity index (χ1v) is 13.5. The molecule has 6 rings (SSSR count). The molecule has 2 aromatic carbocycles. The minimum absolute atomic E-state index is 0.0501. The first-order chi connectivity index (χ1) is 18.3. The molecule has 0 bridgehead atoms. The van der Waals surface area contributed by atoms with Gasteiger partial charge in [-0.25, -0.2) is 9.78 Å². The SMILES string of the molecule is O=C(O)c1cccc2nc(C3(O)CCC(OCc4c(-c5c(Cl)cccc5Cl)noc4C4CC4)CC3)ccc12. The van der Waals surface area contributed by atoms with E-state index in [9.17, 15) is 15.0 Å². The second-order valence-corrected chi connectivity index (χ2v) is 11.0. The summed E-state index contributed by atoms with van der Waals surface area (Å²) in [5, 5.41) is 26.8. The third-order valence-electron chi connectivity index (χ3n) is 7.63. The number of carboxylic acid groups (broad SMARTS) is 1. The van der Waals surface area contributed by atoms with E-state index in [4.69, 9.17) is 32.5 Å². The van der Waals surface area contributed by atoms with Crippen LogP contribution in [-0.2, 0) is 16.9 Å². The highest BCUT2D eigenvalue weighted by molar-refractivity contribution is 6.39. The number of carbonyl (C=O) groups is 1. The van der Waals surface area contributed by atoms with Gasteiger partial charge in [0.1, 0.15) is 17.1 Å². The van der Waals surface area contributed by atoms with Gasteiger partial charge in [0, 0.05) is 22.4 Å². The summed E-state index contributed by atoms with van der Waals surface area (Å²) in [7, 11) is 0. The Balaban J connectivity index is 1.17. The average Bonchev–Trinajstić information content (AvgIpc) is 3.67. The van der Waals surface area contributed by atoms with Crippen LogP contribution in [0.25, 0.3) is 22.2 Å². The Bertz CT molecular complexity index is 1500. The molecule has 2 aromatic heterocycles. The number of fused-ring (bicyclic) bond motifs is 1. The maximum absolute atomic E-state index is 11.5. The van der Waals surface area contributed by atoms with Crippen molar-refractivity contribution in [3.63, 3.8) is 0 Å². The van der Waals surface area contributed by atoms with E-state index in [1.165, 1.54) is 0 Å². The molecule has 0 unspecified atom stereocenters. The summed E-state index contributed by atoms with van der Waals surface area (Å²) in [5.41, 5.74) is 2.36. The lowest BCUT2D eigenvalue weighted by atomic mass is 9.80. The predicted molar refractivity (Wildman–Crippen MR) is 144 cm³/mol. The molecule has 7 nitrogen and oxygen atoms in total. The van der Waals surface area contributed by atoms with Crippen LogP contribution in [0.1, 0.15) is 71.8 Å². The zero-order valence-electron chi connectivity index (χ0n) is 20.5. The first kappa shape index (κ1) is 25.3. The minimum atomic E-state index is -1.10. The molecule has 2 saturated carbocycles. The predicted octanol–water partition coefficient (Wildman–Crippen LogP) is 7.12. The van der Waals surface area contributed by atoms with Crippen molar-refractivity contribution < 1.29 is 24.3 Å². The van der Waals surface area contributed by atoms with Crippen molar-refractivity contribution in [2.75, 3.05) is 0 Å². The molecule has 0 spiro atoms. The maximum Gasteiger partial charge on any atom is 0.336 e. The zero-order chi connectivity index (χ0) is 26.4. The van der Waals surface area contributed by atoms with Crippen molar-refractivity contribution in [3.8, 4) is 11.3 Å². The number of aromatic nitrogens is 2. The van der Waals surface area contributed by atoms with E-state index in [0.717, 1.165) is 24.2 Å². The van der Waals surface area contributed by atoms with Gasteiger partial charge in [-0.1, -0.05) is 46.6 Å². The molecule has 38 heavy (non-hydrogen) atoms. The molecule has 9 heteroatoms. The van der Waals surface area contributed by atoms with E-state index in [1.54, 1.807) is 48.5 Å². The summed E-state index contributed by atoms with van der Waals surface area (Å²) in [6, 6.07) is 13.8. The Kier molecular flexibility index (Phi) is 6.64. The number of halogens is 2. The summed E-state index contributed by atoms with van der Waals surface area (Å²) < 4.78 is 12.1. The Morgan fingerprint density at radius 2 is 1.74 bits per heavy atom. The third-order valence-corrected chi connectivity index (χ3v) is 8.26. The summed E-state index contributed by atoms with van der Waals surface area (Å²) in [6.07, 6.45) is 4.33. The lowest BCUT2D eigenvalue weighted by Gasteiger charge is -2.35. The second-order valence-electron chi connectivity index (χ2n) is 10.2. The van der Waals surface area contributed by atoms with E-state index in [2.05, 4.69) is 10.1 Å². The molecule has 0 aliphatic heterocycles. The van der Waals surface area contributed by atoms with Crippen LogP contribution >= 0.6 is 23.2 Å². The van der Waals surface area contributed by atoms with Gasteiger partial charge in [0.25, 0.3) is 0 Å². The van der Waals surface area contributed by atoms with E-state index in [1.807, 2.05) is 0 Å². The molecule has 4 aromatic rings. The van der Waals surface area contributed by atoms with Crippen LogP contribution in [0.5, 0.6) is 0 Å². The standard InChI is InChI=1S/C29H26Cl2N2O5/c30-21-4-2-5-22(31)25(21)26-20(27(38-33-26)16-7-8-16)15-37-17-11-13-29(36,14-12-17)24-10-9-18-19(28(34)35)3-1-6-23(18)32-24/h1-6,9-10,16-17,36H,7-8,11-15H2,(H,34,35). The maximum atomic E-state index is 11.5. The van der Waals surface area contributed by atoms with Crippen molar-refractivity contribution in [2.45, 2.75) is 62.8 Å². The average molecular weight is 553 g/mol. The van der Waals surface area contributed by atoms with E-state index in [-0.39, 0.29) is 11.7 Å². The number of benzene rings is 2. The van der Waals surface area contributed by atoms with Crippen LogP contribution in [0.15, 0.2) is 53.1 Å². The first-order valence-electron chi connectivity index (χ1n) is 12.7. The molecule has 0 radical (unpaired) electrons. The molecule has 0 atom stereocenters. The molecular weight excluding hydrogens is 527 g/mol. The van der Waals surface area contributed by atoms with Gasteiger partial charge in [0.15, 0.2) is 0 Å². The van der Waals surface area contributed by atoms with Gasteiger partial charge in [-0.15, -0.1) is 0 Å². The second kappa shape index (κ2) is 9.97. The van der Waals surface area contributed by atoms with Crippen LogP contribution in [0.3, 0.4) is 0 Å². The number of aliphatic hydroxyl groups is 1. The third kappa shape index (κ3) is 4.69. The molecule has 2 fully saturated rings. The van der Waals surface area contributed by atoms with E-state index in [0.29, 0.717) is 76.1 Å². The monoisotopic (exact) mass is 552 g/mol. The Labute approximate surface area is 229 Å². The lowest BCUT2D eigenvalue weighted by molar-refractivity contribution is -0.0660. The van der Waals surface area contributed by atoms with E-state index < -0.39 is 11.6 Å². The highest BCUT2D eigenvalue weighted by Crippen LogP contribution is 2.46. The van der Waals surface area contributed by atoms with Crippen LogP contribution in [0.4, 0.5) is 0 Å². The van der Waals surface area contributed by atoms with Gasteiger partial charge in [-0.2, -0.15) is 0 Å². The Hall–Kier alpha value is -2.97. The number of ether oxygens (including phenoxy) is 1. The van der Waals surface area contributed by atoms with Crippen LogP contribution in [0, 0.1) is 0 Å². The van der Waals surface area contributed by atoms with Crippen molar-refractivity contribution in [1.82, 2.24) is 10.1 Å². The number of aromatic carboxylic acids is 1. The fourth-order valence-corrected chi connectivity index (χ4v) is 5.92. The van der Waals surface area contributed by atoms with Crippen molar-refractivity contribution in [1.29, 1.82) is 0 Å². The highest BCUT2D eigenvalue weighted by Gasteiger charge is 2.38. The molecule has 2 aliphatic rings. The molecule has 196 valence electrons. The van der Waals surface area contributed by atoms with Crippen LogP contribution in [-0.4, -0.2) is 32.4 Å². The van der Waals surface area contributed by atoms with Gasteiger partial charge in [-0.3, -0.25) is 0 Å². The van der Waals surface area contributed by atoms with Crippen molar-refractivity contribution in [3.05, 3.63) is 81.2 Å². The quantitative estimate of drug-likeness (QED) is 0.251. The minimum Gasteiger partial charge on any atom is -0.478 e. The van der Waals surface area contributed by atoms with Crippen molar-refractivity contribution in [2.24, 2.45) is 0 Å². The Morgan fingerprint density at radius 1 is 1.03 bits per heavy atom. The van der Waals surface area contributed by atoms with Gasteiger partial charge in [0.2, 0.25) is 0 Å². The molecule has 0 saturated heterocycles. The van der Waals surface area contributed by atoms with E-state index >= 15 is 0 Å². The number of rotatable bonds is 7. The van der Waals surface area contributed by atoms with Gasteiger partial charge in [-0.05, 0) is 68.9 Å². The van der Waals surface area contributed by atoms with Crippen molar-refractivity contribution >= 4 is 40.1 Å². The molecular formula is C29H26Cl2N2O5. The van der Waals surface area contributed by atoms with Gasteiger partial charge < -0.3 is 19.5 Å². The summed E-state index contributed by atoms with van der Waals surface area (Å²) in [5.74, 6) is 0.178. The topological polar surface area (TPSA) is 106 Å². The highest BCUT2D eigenvalue weighted by atomic mass is 35.5. The number of nitrogens with zero attached hydrogens (tertiary/aromatic N) is 2. The zero-order valence-corrected chi connectivity index (χ0v) is 22.0. The molecule has 2 aliphatic carbocycles. The Morgan fingerprint density at radius 3 is 2.42 bits per heavy atom. The summed E-state index contributed by atoms with van der Waals surface area (Å²) >= 11 is 12.9. The summed E-state index contributed by atoms with van der Waals surface area (Å²) in [4.78, 5) is 16.2. The fourth-order valence-electron chi connectivity index (χ4n) is 5.34. The fraction of sp³-hybridized carbons (Fsp3) is 0.345. The van der Waals surface area contributed by atoms with Crippen LogP contribution in [0.2, 0.25) is 10.0 Å². The van der Waals surface area contributed by atoms with Gasteiger partial charge in [0.05, 0.1) is 39.5 Å². The van der Waals surface area contributed by atoms with Gasteiger partial charge >= 0.3 is 5.97 Å². The number of hydrogen-bond acceptors (Lipinski definition) is 6. The van der Waals surface area contributed by atoms with Crippen LogP contribution < -0.4 is 0 Å². The molecule has 0 amide bonds. The lowest BCUT2D eigenvalue weighted by Crippen LogP contribution is -2.35. The largest absolute Gasteiger partial charge is 0.478 e. The summed E-state index contributed by atoms with van der Waals surface area (Å²) in [6.45, 7) is 0.321. The molecule has 2 heterocycles. The molecule has 2 N–H and O–H groups in total. The smallest absolute Gasteiger partial charge is 0.336 e. The normalized spacial score (nSPS) is 21.6. The number of pyridine rings is 1. The number of hydrogen-bond donors (Lipinski definition) is 2.